The molecular formula is C25H27NO5. The van der Waals surface area contributed by atoms with Crippen molar-refractivity contribution < 1.29 is 18.7 Å². The molecule has 0 saturated carbocycles. The van der Waals surface area contributed by atoms with E-state index in [1.54, 1.807) is 25.2 Å². The summed E-state index contributed by atoms with van der Waals surface area (Å²) in [7, 11) is 3.14. The molecule has 1 amide bonds. The summed E-state index contributed by atoms with van der Waals surface area (Å²) in [5.41, 5.74) is 3.32. The third-order valence-electron chi connectivity index (χ3n) is 5.89. The van der Waals surface area contributed by atoms with Crippen molar-refractivity contribution in [1.82, 2.24) is 4.90 Å². The number of carbonyl (C=O) groups excluding carboxylic acids is 1. The van der Waals surface area contributed by atoms with Crippen molar-refractivity contribution in [3.8, 4) is 11.5 Å². The first-order valence-corrected chi connectivity index (χ1v) is 10.5. The van der Waals surface area contributed by atoms with Crippen LogP contribution in [0.2, 0.25) is 0 Å². The van der Waals surface area contributed by atoms with Crippen LogP contribution in [0.25, 0.3) is 11.0 Å². The average molecular weight is 421 g/mol. The number of fused-ring (bicyclic) bond motifs is 2. The third-order valence-corrected chi connectivity index (χ3v) is 5.89. The second-order valence-electron chi connectivity index (χ2n) is 8.00. The minimum atomic E-state index is -0.532. The van der Waals surface area contributed by atoms with Crippen LogP contribution < -0.4 is 14.9 Å². The zero-order valence-electron chi connectivity index (χ0n) is 18.6. The van der Waals surface area contributed by atoms with Crippen LogP contribution in [0.15, 0.2) is 39.5 Å². The van der Waals surface area contributed by atoms with E-state index in [1.165, 1.54) is 0 Å². The van der Waals surface area contributed by atoms with Gasteiger partial charge in [0.15, 0.2) is 16.9 Å². The van der Waals surface area contributed by atoms with Crippen LogP contribution in [0.5, 0.6) is 11.5 Å². The molecule has 2 aromatic carbocycles. The fourth-order valence-electron chi connectivity index (χ4n) is 4.44. The Morgan fingerprint density at radius 3 is 2.45 bits per heavy atom. The Balaban J connectivity index is 1.99. The van der Waals surface area contributed by atoms with E-state index in [4.69, 9.17) is 13.9 Å². The Labute approximate surface area is 181 Å². The first-order chi connectivity index (χ1) is 14.9. The van der Waals surface area contributed by atoms with Crippen LogP contribution >= 0.6 is 0 Å². The molecule has 1 aromatic heterocycles. The minimum absolute atomic E-state index is 0.137. The van der Waals surface area contributed by atoms with Gasteiger partial charge in [0.1, 0.15) is 5.58 Å². The highest BCUT2D eigenvalue weighted by atomic mass is 16.5. The maximum absolute atomic E-state index is 13.7. The summed E-state index contributed by atoms with van der Waals surface area (Å²) in [5, 5.41) is 0.528. The third kappa shape index (κ3) is 3.36. The molecule has 162 valence electrons. The number of hydrogen-bond acceptors (Lipinski definition) is 5. The van der Waals surface area contributed by atoms with Gasteiger partial charge in [-0.3, -0.25) is 9.59 Å². The molecule has 1 atom stereocenters. The van der Waals surface area contributed by atoms with E-state index in [2.05, 4.69) is 6.92 Å². The fourth-order valence-corrected chi connectivity index (χ4v) is 4.44. The lowest BCUT2D eigenvalue weighted by molar-refractivity contribution is 0.0725. The highest BCUT2D eigenvalue weighted by Gasteiger charge is 2.42. The second kappa shape index (κ2) is 8.10. The molecular weight excluding hydrogens is 394 g/mol. The number of aryl methyl sites for hydroxylation is 2. The number of benzene rings is 2. The van der Waals surface area contributed by atoms with Gasteiger partial charge in [-0.2, -0.15) is 0 Å². The molecule has 6 heteroatoms. The summed E-state index contributed by atoms with van der Waals surface area (Å²) in [6.45, 7) is 6.45. The van der Waals surface area contributed by atoms with E-state index in [-0.39, 0.29) is 17.1 Å². The highest BCUT2D eigenvalue weighted by Crippen LogP contribution is 2.41. The number of methoxy groups -OCH3 is 2. The molecule has 0 fully saturated rings. The summed E-state index contributed by atoms with van der Waals surface area (Å²) in [4.78, 5) is 28.8. The Kier molecular flexibility index (Phi) is 5.48. The van der Waals surface area contributed by atoms with E-state index in [1.807, 2.05) is 38.1 Å². The molecule has 1 unspecified atom stereocenters. The lowest BCUT2D eigenvalue weighted by Crippen LogP contribution is -2.30. The van der Waals surface area contributed by atoms with Crippen LogP contribution in [0, 0.1) is 13.8 Å². The van der Waals surface area contributed by atoms with Crippen molar-refractivity contribution in [3.63, 3.8) is 0 Å². The lowest BCUT2D eigenvalue weighted by Gasteiger charge is -2.25. The molecule has 6 nitrogen and oxygen atoms in total. The second-order valence-corrected chi connectivity index (χ2v) is 8.00. The van der Waals surface area contributed by atoms with Crippen molar-refractivity contribution in [2.45, 2.75) is 39.7 Å². The minimum Gasteiger partial charge on any atom is -0.493 e. The van der Waals surface area contributed by atoms with Crippen molar-refractivity contribution in [2.24, 2.45) is 0 Å². The molecule has 0 spiro atoms. The predicted molar refractivity (Wildman–Crippen MR) is 119 cm³/mol. The summed E-state index contributed by atoms with van der Waals surface area (Å²) in [6.07, 6.45) is 1.76. The van der Waals surface area contributed by atoms with Gasteiger partial charge in [0.2, 0.25) is 5.76 Å². The van der Waals surface area contributed by atoms with Gasteiger partial charge >= 0.3 is 0 Å². The number of hydrogen-bond donors (Lipinski definition) is 0. The summed E-state index contributed by atoms with van der Waals surface area (Å²) < 4.78 is 16.9. The van der Waals surface area contributed by atoms with Crippen molar-refractivity contribution in [3.05, 3.63) is 68.6 Å². The molecule has 3 aromatic rings. The molecule has 1 aliphatic heterocycles. The van der Waals surface area contributed by atoms with Crippen molar-refractivity contribution >= 4 is 16.9 Å². The van der Waals surface area contributed by atoms with Gasteiger partial charge in [-0.1, -0.05) is 25.5 Å². The molecule has 0 bridgehead atoms. The van der Waals surface area contributed by atoms with E-state index >= 15 is 0 Å². The van der Waals surface area contributed by atoms with E-state index in [9.17, 15) is 9.59 Å². The summed E-state index contributed by atoms with van der Waals surface area (Å²) >= 11 is 0. The van der Waals surface area contributed by atoms with E-state index in [0.717, 1.165) is 29.5 Å². The van der Waals surface area contributed by atoms with E-state index in [0.29, 0.717) is 34.6 Å². The number of carbonyl (C=O) groups is 1. The van der Waals surface area contributed by atoms with E-state index < -0.39 is 6.04 Å². The van der Waals surface area contributed by atoms with Crippen LogP contribution in [0.3, 0.4) is 0 Å². The maximum atomic E-state index is 13.7. The number of ether oxygens (including phenoxy) is 2. The van der Waals surface area contributed by atoms with Crippen LogP contribution in [0.4, 0.5) is 0 Å². The van der Waals surface area contributed by atoms with Gasteiger partial charge < -0.3 is 18.8 Å². The average Bonchev–Trinajstić information content (AvgIpc) is 3.03. The number of nitrogens with zero attached hydrogens (tertiary/aromatic N) is 1. The molecule has 0 saturated heterocycles. The highest BCUT2D eigenvalue weighted by molar-refractivity contribution is 5.99. The molecule has 4 rings (SSSR count). The zero-order chi connectivity index (χ0) is 22.3. The molecule has 0 aliphatic carbocycles. The molecule has 0 radical (unpaired) electrons. The van der Waals surface area contributed by atoms with Gasteiger partial charge in [0, 0.05) is 6.54 Å². The molecule has 31 heavy (non-hydrogen) atoms. The first-order valence-electron chi connectivity index (χ1n) is 10.5. The number of rotatable bonds is 6. The normalized spacial score (nSPS) is 15.5. The number of unbranched alkanes of at least 4 members (excludes halogenated alkanes) is 1. The topological polar surface area (TPSA) is 69.0 Å². The summed E-state index contributed by atoms with van der Waals surface area (Å²) in [5.74, 6) is 1.03. The fraction of sp³-hybridized carbons (Fsp3) is 0.360. The standard InChI is InChI=1S/C25H27NO5/c1-6-7-10-26-22(16-8-9-17(29-4)18(13-16)30-5)21-23(27)20-15(3)11-14(2)12-19(20)31-24(21)25(26)28/h8-9,11-13,22H,6-7,10H2,1-5H3. The molecule has 2 heterocycles. The Hall–Kier alpha value is -3.28. The van der Waals surface area contributed by atoms with Crippen molar-refractivity contribution in [1.29, 1.82) is 0 Å². The van der Waals surface area contributed by atoms with Crippen LogP contribution in [0.1, 0.15) is 58.6 Å². The van der Waals surface area contributed by atoms with Crippen molar-refractivity contribution in [2.75, 3.05) is 20.8 Å². The van der Waals surface area contributed by atoms with Gasteiger partial charge in [-0.15, -0.1) is 0 Å². The Morgan fingerprint density at radius 2 is 1.77 bits per heavy atom. The predicted octanol–water partition coefficient (Wildman–Crippen LogP) is 4.77. The van der Waals surface area contributed by atoms with Crippen LogP contribution in [-0.2, 0) is 0 Å². The smallest absolute Gasteiger partial charge is 0.290 e. The van der Waals surface area contributed by atoms with Gasteiger partial charge in [0.25, 0.3) is 5.91 Å². The van der Waals surface area contributed by atoms with Crippen LogP contribution in [-0.4, -0.2) is 31.6 Å². The SMILES string of the molecule is CCCCN1C(=O)c2oc3cc(C)cc(C)c3c(=O)c2C1c1ccc(OC)c(OC)c1. The zero-order valence-corrected chi connectivity index (χ0v) is 18.6. The summed E-state index contributed by atoms with van der Waals surface area (Å²) in [6, 6.07) is 8.75. The Morgan fingerprint density at radius 1 is 1.03 bits per heavy atom. The number of amides is 1. The molecule has 1 aliphatic rings. The quantitative estimate of drug-likeness (QED) is 0.573. The largest absolute Gasteiger partial charge is 0.493 e. The maximum Gasteiger partial charge on any atom is 0.290 e. The monoisotopic (exact) mass is 421 g/mol. The Bertz CT molecular complexity index is 1230. The van der Waals surface area contributed by atoms with Gasteiger partial charge in [-0.05, 0) is 55.2 Å². The van der Waals surface area contributed by atoms with Gasteiger partial charge in [-0.25, -0.2) is 0 Å². The van der Waals surface area contributed by atoms with Gasteiger partial charge in [0.05, 0.1) is 31.2 Å². The molecule has 0 N–H and O–H groups in total. The lowest BCUT2D eigenvalue weighted by atomic mass is 9.96. The first kappa shape index (κ1) is 21.0.